The van der Waals surface area contributed by atoms with Gasteiger partial charge >= 0.3 is 6.18 Å². The van der Waals surface area contributed by atoms with Gasteiger partial charge < -0.3 is 5.32 Å². The standard InChI is InChI=1S/C12H14BrF3N2/c13-9-6-7-17-11(10(9)12(14,15)16)18-8-4-2-1-3-5-8/h6-8H,1-5H2,(H,17,18). The summed E-state index contributed by atoms with van der Waals surface area (Å²) in [6.07, 6.45) is 2.09. The maximum absolute atomic E-state index is 13.0. The first-order valence-corrected chi connectivity index (χ1v) is 6.76. The van der Waals surface area contributed by atoms with Gasteiger partial charge in [0.1, 0.15) is 11.4 Å². The highest BCUT2D eigenvalue weighted by Crippen LogP contribution is 2.39. The number of alkyl halides is 3. The predicted octanol–water partition coefficient (Wildman–Crippen LogP) is 4.61. The lowest BCUT2D eigenvalue weighted by molar-refractivity contribution is -0.137. The number of rotatable bonds is 2. The molecule has 1 saturated carbocycles. The molecule has 0 atom stereocenters. The smallest absolute Gasteiger partial charge is 0.367 e. The van der Waals surface area contributed by atoms with E-state index in [9.17, 15) is 13.2 Å². The molecule has 0 spiro atoms. The van der Waals surface area contributed by atoms with Crippen molar-refractivity contribution in [3.8, 4) is 0 Å². The van der Waals surface area contributed by atoms with Crippen molar-refractivity contribution in [2.75, 3.05) is 5.32 Å². The van der Waals surface area contributed by atoms with Crippen LogP contribution in [0.15, 0.2) is 16.7 Å². The average molecular weight is 323 g/mol. The highest BCUT2D eigenvalue weighted by atomic mass is 79.9. The van der Waals surface area contributed by atoms with E-state index >= 15 is 0 Å². The molecule has 1 aromatic heterocycles. The molecule has 0 aliphatic heterocycles. The SMILES string of the molecule is FC(F)(F)c1c(Br)ccnc1NC1CCCCC1. The van der Waals surface area contributed by atoms with E-state index in [-0.39, 0.29) is 16.3 Å². The monoisotopic (exact) mass is 322 g/mol. The zero-order valence-electron chi connectivity index (χ0n) is 9.73. The Morgan fingerprint density at radius 2 is 1.89 bits per heavy atom. The fourth-order valence-electron chi connectivity index (χ4n) is 2.26. The van der Waals surface area contributed by atoms with Gasteiger partial charge in [-0.1, -0.05) is 19.3 Å². The number of halogens is 4. The Balaban J connectivity index is 2.24. The lowest BCUT2D eigenvalue weighted by Gasteiger charge is -2.25. The maximum atomic E-state index is 13.0. The first-order valence-electron chi connectivity index (χ1n) is 5.96. The Bertz CT molecular complexity index is 414. The minimum Gasteiger partial charge on any atom is -0.367 e. The van der Waals surface area contributed by atoms with Crippen LogP contribution in [0, 0.1) is 0 Å². The quantitative estimate of drug-likeness (QED) is 0.860. The van der Waals surface area contributed by atoms with Gasteiger partial charge in [-0.3, -0.25) is 0 Å². The van der Waals surface area contributed by atoms with Crippen LogP contribution >= 0.6 is 15.9 Å². The Hall–Kier alpha value is -0.780. The van der Waals surface area contributed by atoms with Crippen molar-refractivity contribution in [3.05, 3.63) is 22.3 Å². The van der Waals surface area contributed by atoms with Gasteiger partial charge in [0, 0.05) is 16.7 Å². The first kappa shape index (κ1) is 13.6. The number of anilines is 1. The van der Waals surface area contributed by atoms with Crippen LogP contribution in [-0.2, 0) is 6.18 Å². The largest absolute Gasteiger partial charge is 0.421 e. The number of hydrogen-bond donors (Lipinski definition) is 1. The van der Waals surface area contributed by atoms with E-state index in [1.807, 2.05) is 0 Å². The van der Waals surface area contributed by atoms with Gasteiger partial charge in [-0.2, -0.15) is 13.2 Å². The molecule has 0 radical (unpaired) electrons. The molecule has 2 nitrogen and oxygen atoms in total. The summed E-state index contributed by atoms with van der Waals surface area (Å²) in [5.41, 5.74) is -0.712. The molecule has 6 heteroatoms. The molecule has 0 bridgehead atoms. The van der Waals surface area contributed by atoms with Crippen molar-refractivity contribution in [1.29, 1.82) is 0 Å². The van der Waals surface area contributed by atoms with Crippen molar-refractivity contribution in [3.63, 3.8) is 0 Å². The molecule has 1 heterocycles. The summed E-state index contributed by atoms with van der Waals surface area (Å²) in [4.78, 5) is 3.84. The molecule has 0 aromatic carbocycles. The second kappa shape index (κ2) is 5.47. The van der Waals surface area contributed by atoms with E-state index in [4.69, 9.17) is 0 Å². The first-order chi connectivity index (χ1) is 8.48. The molecule has 1 aromatic rings. The zero-order valence-corrected chi connectivity index (χ0v) is 11.3. The van der Waals surface area contributed by atoms with E-state index < -0.39 is 11.7 Å². The number of aromatic nitrogens is 1. The molecule has 0 unspecified atom stereocenters. The van der Waals surface area contributed by atoms with Crippen molar-refractivity contribution in [1.82, 2.24) is 4.98 Å². The Morgan fingerprint density at radius 3 is 2.50 bits per heavy atom. The summed E-state index contributed by atoms with van der Waals surface area (Å²) >= 11 is 2.95. The third-order valence-electron chi connectivity index (χ3n) is 3.13. The van der Waals surface area contributed by atoms with E-state index in [1.54, 1.807) is 0 Å². The second-order valence-corrected chi connectivity index (χ2v) is 5.35. The molecule has 100 valence electrons. The topological polar surface area (TPSA) is 24.9 Å². The van der Waals surface area contributed by atoms with E-state index in [0.29, 0.717) is 0 Å². The molecule has 1 aliphatic carbocycles. The summed E-state index contributed by atoms with van der Waals surface area (Å²) < 4.78 is 38.9. The predicted molar refractivity (Wildman–Crippen MR) is 67.4 cm³/mol. The minimum atomic E-state index is -4.40. The molecule has 0 saturated heterocycles. The lowest BCUT2D eigenvalue weighted by Crippen LogP contribution is -2.25. The molecule has 1 N–H and O–H groups in total. The van der Waals surface area contributed by atoms with Crippen LogP contribution in [0.2, 0.25) is 0 Å². The van der Waals surface area contributed by atoms with Gasteiger partial charge in [-0.15, -0.1) is 0 Å². The number of nitrogens with zero attached hydrogens (tertiary/aromatic N) is 1. The Morgan fingerprint density at radius 1 is 1.22 bits per heavy atom. The molecule has 18 heavy (non-hydrogen) atoms. The molecular formula is C12H14BrF3N2. The third-order valence-corrected chi connectivity index (χ3v) is 3.79. The molecular weight excluding hydrogens is 309 g/mol. The van der Waals surface area contributed by atoms with Gasteiger partial charge in [-0.25, -0.2) is 4.98 Å². The van der Waals surface area contributed by atoms with Crippen LogP contribution < -0.4 is 5.32 Å². The van der Waals surface area contributed by atoms with Crippen molar-refractivity contribution < 1.29 is 13.2 Å². The van der Waals surface area contributed by atoms with Gasteiger partial charge in [0.25, 0.3) is 0 Å². The van der Waals surface area contributed by atoms with Crippen LogP contribution in [0.5, 0.6) is 0 Å². The summed E-state index contributed by atoms with van der Waals surface area (Å²) in [5.74, 6) is -0.0659. The van der Waals surface area contributed by atoms with E-state index in [1.165, 1.54) is 12.3 Å². The zero-order chi connectivity index (χ0) is 13.2. The minimum absolute atomic E-state index is 0.0308. The average Bonchev–Trinajstić information content (AvgIpc) is 2.28. The van der Waals surface area contributed by atoms with Crippen molar-refractivity contribution in [2.45, 2.75) is 44.3 Å². The molecule has 1 aliphatic rings. The summed E-state index contributed by atoms with van der Waals surface area (Å²) in [5, 5.41) is 2.94. The number of nitrogens with one attached hydrogen (secondary N) is 1. The highest BCUT2D eigenvalue weighted by molar-refractivity contribution is 9.10. The van der Waals surface area contributed by atoms with Gasteiger partial charge in [-0.05, 0) is 34.8 Å². The van der Waals surface area contributed by atoms with E-state index in [2.05, 4.69) is 26.2 Å². The van der Waals surface area contributed by atoms with Gasteiger partial charge in [0.2, 0.25) is 0 Å². The third kappa shape index (κ3) is 3.16. The van der Waals surface area contributed by atoms with E-state index in [0.717, 1.165) is 32.1 Å². The lowest BCUT2D eigenvalue weighted by atomic mass is 9.95. The van der Waals surface area contributed by atoms with Crippen molar-refractivity contribution in [2.24, 2.45) is 0 Å². The molecule has 1 fully saturated rings. The Kier molecular flexibility index (Phi) is 4.14. The number of hydrogen-bond acceptors (Lipinski definition) is 2. The highest BCUT2D eigenvalue weighted by Gasteiger charge is 2.37. The summed E-state index contributed by atoms with van der Waals surface area (Å²) in [7, 11) is 0. The maximum Gasteiger partial charge on any atom is 0.421 e. The second-order valence-electron chi connectivity index (χ2n) is 4.49. The summed E-state index contributed by atoms with van der Waals surface area (Å²) in [6.45, 7) is 0. The van der Waals surface area contributed by atoms with Crippen LogP contribution in [-0.4, -0.2) is 11.0 Å². The van der Waals surface area contributed by atoms with Crippen LogP contribution in [0.3, 0.4) is 0 Å². The Labute approximate surface area is 112 Å². The molecule has 0 amide bonds. The normalized spacial score (nSPS) is 17.8. The van der Waals surface area contributed by atoms with Crippen LogP contribution in [0.1, 0.15) is 37.7 Å². The summed E-state index contributed by atoms with van der Waals surface area (Å²) in [6, 6.07) is 1.41. The fraction of sp³-hybridized carbons (Fsp3) is 0.583. The van der Waals surface area contributed by atoms with Crippen LogP contribution in [0.25, 0.3) is 0 Å². The van der Waals surface area contributed by atoms with Gasteiger partial charge in [0.15, 0.2) is 0 Å². The van der Waals surface area contributed by atoms with Crippen molar-refractivity contribution >= 4 is 21.7 Å². The van der Waals surface area contributed by atoms with Crippen LogP contribution in [0.4, 0.5) is 19.0 Å². The van der Waals surface area contributed by atoms with Gasteiger partial charge in [0.05, 0.1) is 0 Å². The molecule has 2 rings (SSSR count). The fourth-order valence-corrected chi connectivity index (χ4v) is 2.79. The number of pyridine rings is 1.